The number of methoxy groups -OCH3 is 1. The lowest BCUT2D eigenvalue weighted by Gasteiger charge is -2.07. The second-order valence-electron chi connectivity index (χ2n) is 3.49. The Labute approximate surface area is 103 Å². The van der Waals surface area contributed by atoms with Gasteiger partial charge < -0.3 is 10.1 Å². The number of rotatable bonds is 3. The molecule has 1 amide bonds. The molecule has 17 heavy (non-hydrogen) atoms. The number of hydrogen-bond acceptors (Lipinski definition) is 4. The second kappa shape index (κ2) is 4.97. The van der Waals surface area contributed by atoms with Gasteiger partial charge in [0.1, 0.15) is 10.8 Å². The maximum atomic E-state index is 12.0. The molecule has 4 nitrogen and oxygen atoms in total. The van der Waals surface area contributed by atoms with Gasteiger partial charge in [0.2, 0.25) is 0 Å². The summed E-state index contributed by atoms with van der Waals surface area (Å²) >= 11 is 1.26. The van der Waals surface area contributed by atoms with Crippen molar-refractivity contribution in [2.45, 2.75) is 6.92 Å². The molecule has 0 saturated heterocycles. The van der Waals surface area contributed by atoms with E-state index in [-0.39, 0.29) is 5.91 Å². The molecule has 0 aliphatic carbocycles. The van der Waals surface area contributed by atoms with Crippen molar-refractivity contribution >= 4 is 22.4 Å². The number of nitrogens with zero attached hydrogens (tertiary/aromatic N) is 1. The van der Waals surface area contributed by atoms with Crippen LogP contribution in [0.25, 0.3) is 0 Å². The number of amides is 1. The molecule has 1 heterocycles. The standard InChI is InChI=1S/C12H12N2O2S/c1-8-7-11(17-14-8)13-12(15)9-5-3-4-6-10(9)16-2/h3-7H,1-2H3,(H,13,15). The fourth-order valence-corrected chi connectivity index (χ4v) is 2.09. The number of benzene rings is 1. The SMILES string of the molecule is COc1ccccc1C(=O)Nc1cc(C)ns1. The number of hydrogen-bond donors (Lipinski definition) is 1. The van der Waals surface area contributed by atoms with Crippen LogP contribution in [-0.4, -0.2) is 17.4 Å². The molecule has 0 spiro atoms. The number of anilines is 1. The average Bonchev–Trinajstić information content (AvgIpc) is 2.74. The lowest BCUT2D eigenvalue weighted by molar-refractivity contribution is 0.102. The molecule has 0 bridgehead atoms. The summed E-state index contributed by atoms with van der Waals surface area (Å²) in [5.74, 6) is 0.373. The predicted molar refractivity (Wildman–Crippen MR) is 67.8 cm³/mol. The summed E-state index contributed by atoms with van der Waals surface area (Å²) in [4.78, 5) is 12.0. The maximum absolute atomic E-state index is 12.0. The summed E-state index contributed by atoms with van der Waals surface area (Å²) in [6.45, 7) is 1.88. The van der Waals surface area contributed by atoms with Crippen molar-refractivity contribution in [3.8, 4) is 5.75 Å². The van der Waals surface area contributed by atoms with E-state index in [0.717, 1.165) is 10.7 Å². The minimum absolute atomic E-state index is 0.189. The Kier molecular flexibility index (Phi) is 3.39. The van der Waals surface area contributed by atoms with Gasteiger partial charge >= 0.3 is 0 Å². The maximum Gasteiger partial charge on any atom is 0.260 e. The normalized spacial score (nSPS) is 10.0. The summed E-state index contributed by atoms with van der Waals surface area (Å²) in [7, 11) is 1.54. The molecule has 2 rings (SSSR count). The van der Waals surface area contributed by atoms with Gasteiger partial charge in [-0.25, -0.2) is 0 Å². The Morgan fingerprint density at radius 2 is 2.18 bits per heavy atom. The molecular weight excluding hydrogens is 236 g/mol. The zero-order valence-corrected chi connectivity index (χ0v) is 10.4. The van der Waals surface area contributed by atoms with Crippen LogP contribution in [0.4, 0.5) is 5.00 Å². The number of carbonyl (C=O) groups excluding carboxylic acids is 1. The van der Waals surface area contributed by atoms with E-state index in [1.807, 2.05) is 19.1 Å². The molecule has 1 N–H and O–H groups in total. The Hall–Kier alpha value is -1.88. The molecule has 2 aromatic rings. The van der Waals surface area contributed by atoms with Gasteiger partial charge in [0.15, 0.2) is 0 Å². The Morgan fingerprint density at radius 3 is 2.82 bits per heavy atom. The van der Waals surface area contributed by atoms with Crippen LogP contribution < -0.4 is 10.1 Å². The average molecular weight is 248 g/mol. The minimum Gasteiger partial charge on any atom is -0.496 e. The molecule has 1 aromatic heterocycles. The third-order valence-corrected chi connectivity index (χ3v) is 3.01. The summed E-state index contributed by atoms with van der Waals surface area (Å²) in [6, 6.07) is 8.94. The van der Waals surface area contributed by atoms with Gasteiger partial charge in [-0.3, -0.25) is 4.79 Å². The monoisotopic (exact) mass is 248 g/mol. The van der Waals surface area contributed by atoms with Gasteiger partial charge in [-0.05, 0) is 36.7 Å². The van der Waals surface area contributed by atoms with Crippen LogP contribution in [0.15, 0.2) is 30.3 Å². The number of nitrogens with one attached hydrogen (secondary N) is 1. The van der Waals surface area contributed by atoms with Crippen LogP contribution in [0.1, 0.15) is 16.1 Å². The molecule has 88 valence electrons. The predicted octanol–water partition coefficient (Wildman–Crippen LogP) is 2.71. The summed E-state index contributed by atoms with van der Waals surface area (Å²) in [5, 5.41) is 3.53. The van der Waals surface area contributed by atoms with Crippen LogP contribution in [0.2, 0.25) is 0 Å². The van der Waals surface area contributed by atoms with Gasteiger partial charge in [0.05, 0.1) is 18.4 Å². The van der Waals surface area contributed by atoms with Gasteiger partial charge in [-0.15, -0.1) is 0 Å². The van der Waals surface area contributed by atoms with Crippen LogP contribution in [0, 0.1) is 6.92 Å². The summed E-state index contributed by atoms with van der Waals surface area (Å²) < 4.78 is 9.24. The van der Waals surface area contributed by atoms with Crippen LogP contribution in [0.5, 0.6) is 5.75 Å². The third kappa shape index (κ3) is 2.62. The fourth-order valence-electron chi connectivity index (χ4n) is 1.43. The van der Waals surface area contributed by atoms with Crippen molar-refractivity contribution < 1.29 is 9.53 Å². The van der Waals surface area contributed by atoms with E-state index in [2.05, 4.69) is 9.69 Å². The molecular formula is C12H12N2O2S. The van der Waals surface area contributed by atoms with E-state index in [0.29, 0.717) is 11.3 Å². The van der Waals surface area contributed by atoms with Gasteiger partial charge in [0.25, 0.3) is 5.91 Å². The first-order valence-electron chi connectivity index (χ1n) is 5.08. The number of para-hydroxylation sites is 1. The topological polar surface area (TPSA) is 51.2 Å². The summed E-state index contributed by atoms with van der Waals surface area (Å²) in [5.41, 5.74) is 1.41. The van der Waals surface area contributed by atoms with E-state index in [1.54, 1.807) is 25.3 Å². The largest absolute Gasteiger partial charge is 0.496 e. The highest BCUT2D eigenvalue weighted by molar-refractivity contribution is 7.10. The molecule has 0 aliphatic heterocycles. The third-order valence-electron chi connectivity index (χ3n) is 2.22. The van der Waals surface area contributed by atoms with Crippen molar-refractivity contribution in [2.24, 2.45) is 0 Å². The van der Waals surface area contributed by atoms with Crippen LogP contribution in [0.3, 0.4) is 0 Å². The van der Waals surface area contributed by atoms with E-state index >= 15 is 0 Å². The quantitative estimate of drug-likeness (QED) is 0.908. The van der Waals surface area contributed by atoms with Crippen molar-refractivity contribution in [2.75, 3.05) is 12.4 Å². The van der Waals surface area contributed by atoms with Crippen molar-refractivity contribution in [3.05, 3.63) is 41.6 Å². The number of carbonyl (C=O) groups is 1. The minimum atomic E-state index is -0.189. The van der Waals surface area contributed by atoms with Gasteiger partial charge in [0, 0.05) is 0 Å². The smallest absolute Gasteiger partial charge is 0.260 e. The number of ether oxygens (including phenoxy) is 1. The Bertz CT molecular complexity index is 537. The first-order valence-corrected chi connectivity index (χ1v) is 5.85. The lowest BCUT2D eigenvalue weighted by Crippen LogP contribution is -2.12. The highest BCUT2D eigenvalue weighted by Gasteiger charge is 2.12. The number of aryl methyl sites for hydroxylation is 1. The first kappa shape index (κ1) is 11.6. The van der Waals surface area contributed by atoms with Crippen molar-refractivity contribution in [1.29, 1.82) is 0 Å². The summed E-state index contributed by atoms with van der Waals surface area (Å²) in [6.07, 6.45) is 0. The molecule has 0 radical (unpaired) electrons. The van der Waals surface area contributed by atoms with Crippen molar-refractivity contribution in [3.63, 3.8) is 0 Å². The Balaban J connectivity index is 2.20. The second-order valence-corrected chi connectivity index (χ2v) is 4.29. The van der Waals surface area contributed by atoms with Gasteiger partial charge in [-0.1, -0.05) is 12.1 Å². The number of aromatic nitrogens is 1. The zero-order chi connectivity index (χ0) is 12.3. The molecule has 0 atom stereocenters. The molecule has 1 aromatic carbocycles. The first-order chi connectivity index (χ1) is 8.20. The van der Waals surface area contributed by atoms with E-state index in [1.165, 1.54) is 11.5 Å². The highest BCUT2D eigenvalue weighted by Crippen LogP contribution is 2.21. The lowest BCUT2D eigenvalue weighted by atomic mass is 10.2. The Morgan fingerprint density at radius 1 is 1.41 bits per heavy atom. The molecule has 0 saturated carbocycles. The zero-order valence-electron chi connectivity index (χ0n) is 9.56. The fraction of sp³-hybridized carbons (Fsp3) is 0.167. The molecule has 0 aliphatic rings. The molecule has 5 heteroatoms. The van der Waals surface area contributed by atoms with E-state index < -0.39 is 0 Å². The van der Waals surface area contributed by atoms with E-state index in [9.17, 15) is 4.79 Å². The van der Waals surface area contributed by atoms with Crippen molar-refractivity contribution in [1.82, 2.24) is 4.37 Å². The molecule has 0 fully saturated rings. The van der Waals surface area contributed by atoms with Gasteiger partial charge in [-0.2, -0.15) is 4.37 Å². The van der Waals surface area contributed by atoms with Crippen LogP contribution >= 0.6 is 11.5 Å². The highest BCUT2D eigenvalue weighted by atomic mass is 32.1. The van der Waals surface area contributed by atoms with Crippen LogP contribution in [-0.2, 0) is 0 Å². The van der Waals surface area contributed by atoms with E-state index in [4.69, 9.17) is 4.74 Å². The molecule has 0 unspecified atom stereocenters.